The number of aryl methyl sites for hydroxylation is 2. The number of nitrogens with one attached hydrogen (secondary N) is 1. The average Bonchev–Trinajstić information content (AvgIpc) is 3.11. The fourth-order valence-corrected chi connectivity index (χ4v) is 3.50. The Labute approximate surface area is 164 Å². The molecule has 0 spiro atoms. The second kappa shape index (κ2) is 8.88. The van der Waals surface area contributed by atoms with E-state index in [2.05, 4.69) is 51.6 Å². The number of rotatable bonds is 7. The molecule has 0 atom stereocenters. The Morgan fingerprint density at radius 2 is 1.52 bits per heavy atom. The van der Waals surface area contributed by atoms with E-state index in [0.29, 0.717) is 18.1 Å². The van der Waals surface area contributed by atoms with Crippen molar-refractivity contribution in [2.24, 2.45) is 0 Å². The molecule has 1 N–H and O–H groups in total. The molecule has 0 aliphatic carbocycles. The van der Waals surface area contributed by atoms with E-state index in [1.54, 1.807) is 0 Å². The van der Waals surface area contributed by atoms with Gasteiger partial charge in [-0.2, -0.15) is 0 Å². The summed E-state index contributed by atoms with van der Waals surface area (Å²) in [5.74, 6) is -0.180. The Bertz CT molecular complexity index is 887. The normalized spacial score (nSPS) is 11.0. The van der Waals surface area contributed by atoms with Gasteiger partial charge in [0.25, 0.3) is 5.91 Å². The maximum absolute atomic E-state index is 12.3. The van der Waals surface area contributed by atoms with E-state index < -0.39 is 0 Å². The molecule has 0 aliphatic rings. The van der Waals surface area contributed by atoms with Crippen molar-refractivity contribution in [1.82, 2.24) is 20.4 Å². The van der Waals surface area contributed by atoms with Crippen LogP contribution in [0.15, 0.2) is 48.5 Å². The second-order valence-electron chi connectivity index (χ2n) is 6.83. The smallest absolute Gasteiger partial charge is 0.282 e. The lowest BCUT2D eigenvalue weighted by Gasteiger charge is -2.14. The number of hydrogen-bond acceptors (Lipinski definition) is 5. The lowest BCUT2D eigenvalue weighted by molar-refractivity contribution is 0.0950. The molecule has 0 fully saturated rings. The Morgan fingerprint density at radius 3 is 2.15 bits per heavy atom. The monoisotopic (exact) mass is 380 g/mol. The van der Waals surface area contributed by atoms with Crippen LogP contribution < -0.4 is 5.32 Å². The molecule has 27 heavy (non-hydrogen) atoms. The van der Waals surface area contributed by atoms with Crippen LogP contribution >= 0.6 is 11.3 Å². The first-order chi connectivity index (χ1) is 13.0. The van der Waals surface area contributed by atoms with E-state index in [-0.39, 0.29) is 5.91 Å². The van der Waals surface area contributed by atoms with Gasteiger partial charge in [0.2, 0.25) is 5.01 Å². The van der Waals surface area contributed by atoms with Crippen molar-refractivity contribution in [2.45, 2.75) is 33.5 Å². The predicted molar refractivity (Wildman–Crippen MR) is 109 cm³/mol. The van der Waals surface area contributed by atoms with Gasteiger partial charge in [-0.3, -0.25) is 9.69 Å². The molecule has 0 saturated carbocycles. The Hall–Kier alpha value is -2.57. The van der Waals surface area contributed by atoms with Gasteiger partial charge in [-0.1, -0.05) is 71.0 Å². The van der Waals surface area contributed by atoms with Crippen molar-refractivity contribution >= 4 is 17.2 Å². The minimum absolute atomic E-state index is 0.180. The summed E-state index contributed by atoms with van der Waals surface area (Å²) in [5, 5.41) is 12.4. The summed E-state index contributed by atoms with van der Waals surface area (Å²) < 4.78 is 0. The van der Waals surface area contributed by atoms with E-state index in [1.165, 1.54) is 28.0 Å². The first kappa shape index (κ1) is 19.2. The molecule has 0 unspecified atom stereocenters. The fourth-order valence-electron chi connectivity index (χ4n) is 2.67. The SMILES string of the molecule is Cc1ccc(CNC(=O)c2nnc(CN(C)Cc3ccc(C)cc3)s2)cc1. The Kier molecular flexibility index (Phi) is 6.32. The van der Waals surface area contributed by atoms with Crippen molar-refractivity contribution in [3.8, 4) is 0 Å². The van der Waals surface area contributed by atoms with Crippen LogP contribution in [-0.4, -0.2) is 28.1 Å². The highest BCUT2D eigenvalue weighted by Crippen LogP contribution is 2.14. The zero-order valence-corrected chi connectivity index (χ0v) is 16.7. The predicted octanol–water partition coefficient (Wildman–Crippen LogP) is 3.72. The quantitative estimate of drug-likeness (QED) is 0.679. The third kappa shape index (κ3) is 5.70. The molecular weight excluding hydrogens is 356 g/mol. The minimum atomic E-state index is -0.180. The molecule has 0 radical (unpaired) electrons. The lowest BCUT2D eigenvalue weighted by Crippen LogP contribution is -2.22. The summed E-state index contributed by atoms with van der Waals surface area (Å²) in [6.07, 6.45) is 0. The van der Waals surface area contributed by atoms with Crippen LogP contribution in [0.4, 0.5) is 0 Å². The van der Waals surface area contributed by atoms with Crippen molar-refractivity contribution in [3.05, 3.63) is 80.8 Å². The van der Waals surface area contributed by atoms with Crippen LogP contribution in [0.5, 0.6) is 0 Å². The summed E-state index contributed by atoms with van der Waals surface area (Å²) in [4.78, 5) is 14.5. The van der Waals surface area contributed by atoms with Crippen LogP contribution in [0.3, 0.4) is 0 Å². The number of benzene rings is 2. The summed E-state index contributed by atoms with van der Waals surface area (Å²) in [6, 6.07) is 16.6. The number of aromatic nitrogens is 2. The zero-order valence-electron chi connectivity index (χ0n) is 15.9. The molecule has 1 amide bonds. The third-order valence-corrected chi connectivity index (χ3v) is 5.12. The van der Waals surface area contributed by atoms with Gasteiger partial charge in [-0.15, -0.1) is 10.2 Å². The maximum Gasteiger partial charge on any atom is 0.282 e. The zero-order chi connectivity index (χ0) is 19.2. The number of hydrogen-bond donors (Lipinski definition) is 1. The third-order valence-electron chi connectivity index (χ3n) is 4.21. The van der Waals surface area contributed by atoms with E-state index in [9.17, 15) is 4.79 Å². The van der Waals surface area contributed by atoms with Gasteiger partial charge in [0.05, 0.1) is 6.54 Å². The standard InChI is InChI=1S/C21H24N4OS/c1-15-4-8-17(9-5-15)12-22-20(26)21-24-23-19(27-21)14-25(3)13-18-10-6-16(2)7-11-18/h4-11H,12-14H2,1-3H3,(H,22,26). The highest BCUT2D eigenvalue weighted by atomic mass is 32.1. The van der Waals surface area contributed by atoms with Gasteiger partial charge in [-0.05, 0) is 32.0 Å². The van der Waals surface area contributed by atoms with Crippen LogP contribution in [0, 0.1) is 13.8 Å². The van der Waals surface area contributed by atoms with Gasteiger partial charge >= 0.3 is 0 Å². The molecule has 140 valence electrons. The summed E-state index contributed by atoms with van der Waals surface area (Å²) in [5.41, 5.74) is 4.78. The van der Waals surface area contributed by atoms with Crippen LogP contribution in [0.25, 0.3) is 0 Å². The fraction of sp³-hybridized carbons (Fsp3) is 0.286. The van der Waals surface area contributed by atoms with E-state index in [4.69, 9.17) is 0 Å². The van der Waals surface area contributed by atoms with Gasteiger partial charge in [-0.25, -0.2) is 0 Å². The van der Waals surface area contributed by atoms with Crippen LogP contribution in [0.1, 0.15) is 37.1 Å². The molecule has 1 aromatic heterocycles. The molecule has 0 bridgehead atoms. The second-order valence-corrected chi connectivity index (χ2v) is 7.89. The van der Waals surface area contributed by atoms with Crippen molar-refractivity contribution in [1.29, 1.82) is 0 Å². The van der Waals surface area contributed by atoms with Gasteiger partial charge < -0.3 is 5.32 Å². The van der Waals surface area contributed by atoms with E-state index in [1.807, 2.05) is 38.2 Å². The minimum Gasteiger partial charge on any atom is -0.346 e. The molecule has 6 heteroatoms. The molecule has 0 aliphatic heterocycles. The highest BCUT2D eigenvalue weighted by molar-refractivity contribution is 7.13. The van der Waals surface area contributed by atoms with Gasteiger partial charge in [0.1, 0.15) is 5.01 Å². The highest BCUT2D eigenvalue weighted by Gasteiger charge is 2.14. The maximum atomic E-state index is 12.3. The van der Waals surface area contributed by atoms with E-state index in [0.717, 1.165) is 17.1 Å². The first-order valence-corrected chi connectivity index (χ1v) is 9.71. The number of nitrogens with zero attached hydrogens (tertiary/aromatic N) is 3. The Balaban J connectivity index is 1.51. The topological polar surface area (TPSA) is 58.1 Å². The molecule has 0 saturated heterocycles. The van der Waals surface area contributed by atoms with Crippen molar-refractivity contribution in [3.63, 3.8) is 0 Å². The first-order valence-electron chi connectivity index (χ1n) is 8.90. The summed E-state index contributed by atoms with van der Waals surface area (Å²) in [7, 11) is 2.04. The summed E-state index contributed by atoms with van der Waals surface area (Å²) in [6.45, 7) is 6.11. The van der Waals surface area contributed by atoms with Gasteiger partial charge in [0.15, 0.2) is 0 Å². The number of carbonyl (C=O) groups is 1. The molecule has 5 nitrogen and oxygen atoms in total. The van der Waals surface area contributed by atoms with Gasteiger partial charge in [0, 0.05) is 13.1 Å². The molecule has 3 rings (SSSR count). The van der Waals surface area contributed by atoms with Crippen LogP contribution in [-0.2, 0) is 19.6 Å². The average molecular weight is 381 g/mol. The molecule has 3 aromatic rings. The molecule has 1 heterocycles. The van der Waals surface area contributed by atoms with Crippen molar-refractivity contribution in [2.75, 3.05) is 7.05 Å². The van der Waals surface area contributed by atoms with E-state index >= 15 is 0 Å². The summed E-state index contributed by atoms with van der Waals surface area (Å²) >= 11 is 1.34. The lowest BCUT2D eigenvalue weighted by atomic mass is 10.1. The molecular formula is C21H24N4OS. The Morgan fingerprint density at radius 1 is 0.926 bits per heavy atom. The van der Waals surface area contributed by atoms with Crippen molar-refractivity contribution < 1.29 is 4.79 Å². The number of amides is 1. The number of carbonyl (C=O) groups excluding carboxylic acids is 1. The largest absolute Gasteiger partial charge is 0.346 e. The molecule has 2 aromatic carbocycles. The van der Waals surface area contributed by atoms with Crippen LogP contribution in [0.2, 0.25) is 0 Å².